The summed E-state index contributed by atoms with van der Waals surface area (Å²) in [6, 6.07) is 19.4. The summed E-state index contributed by atoms with van der Waals surface area (Å²) >= 11 is 0. The van der Waals surface area contributed by atoms with Gasteiger partial charge in [0.05, 0.1) is 12.3 Å². The van der Waals surface area contributed by atoms with Crippen LogP contribution in [0.3, 0.4) is 0 Å². The zero-order valence-electron chi connectivity index (χ0n) is 22.0. The minimum absolute atomic E-state index is 0.0183. The number of anilines is 1. The highest BCUT2D eigenvalue weighted by Gasteiger charge is 2.46. The Bertz CT molecular complexity index is 1630. The number of aryl methyl sites for hydroxylation is 1. The number of para-hydroxylation sites is 1. The number of sulfonamides is 1. The molecule has 0 aliphatic heterocycles. The van der Waals surface area contributed by atoms with Gasteiger partial charge in [0.1, 0.15) is 5.75 Å². The fourth-order valence-electron chi connectivity index (χ4n) is 3.66. The number of halogens is 3. The molecule has 0 unspecified atom stereocenters. The molecule has 4 rings (SSSR count). The second kappa shape index (κ2) is 12.3. The molecule has 0 spiro atoms. The van der Waals surface area contributed by atoms with Crippen molar-refractivity contribution in [3.63, 3.8) is 0 Å². The van der Waals surface area contributed by atoms with E-state index in [9.17, 15) is 26.4 Å². The van der Waals surface area contributed by atoms with Crippen LogP contribution in [-0.2, 0) is 26.0 Å². The summed E-state index contributed by atoms with van der Waals surface area (Å²) in [4.78, 5) is 25.1. The molecule has 0 atom stereocenters. The predicted octanol–water partition coefficient (Wildman–Crippen LogP) is 5.64. The molecule has 0 bridgehead atoms. The maximum Gasteiger partial charge on any atom is 0.516 e. The Hall–Kier alpha value is -4.52. The third kappa shape index (κ3) is 7.17. The third-order valence-electron chi connectivity index (χ3n) is 5.75. The number of nitrogens with one attached hydrogen (secondary N) is 1. The molecule has 1 heterocycles. The normalized spacial score (nSPS) is 11.6. The van der Waals surface area contributed by atoms with Crippen LogP contribution in [0.25, 0.3) is 34.2 Å². The second-order valence-corrected chi connectivity index (χ2v) is 10.2. The lowest BCUT2D eigenvalue weighted by molar-refractivity contribution is -0.145. The van der Waals surface area contributed by atoms with E-state index < -0.39 is 21.5 Å². The first kappa shape index (κ1) is 29.5. The molecule has 0 fully saturated rings. The van der Waals surface area contributed by atoms with Gasteiger partial charge in [-0.05, 0) is 55.3 Å². The number of alkyl halides is 3. The van der Waals surface area contributed by atoms with Crippen molar-refractivity contribution in [3.05, 3.63) is 78.4 Å². The summed E-state index contributed by atoms with van der Waals surface area (Å²) in [5, 5.41) is 0. The number of hydrogen-bond donors (Lipinski definition) is 1. The maximum atomic E-state index is 13.1. The fourth-order valence-corrected chi connectivity index (χ4v) is 4.24. The highest BCUT2D eigenvalue weighted by Crippen LogP contribution is 2.33. The standard InChI is InChI=1S/C28H25F3N4O5S/c1-3-18-9-11-19(12-10-18)25-32-26(20-13-15-21(16-14-20)40-17-24(36)39-4-2)34-27(33-25)22-7-5-6-8-23(22)35-41(37,38)28(29,30)31/h5-16,35H,3-4,17H2,1-2H3. The number of esters is 1. The molecule has 0 saturated carbocycles. The molecule has 0 amide bonds. The molecule has 0 aliphatic rings. The van der Waals surface area contributed by atoms with Crippen molar-refractivity contribution in [3.8, 4) is 39.9 Å². The quantitative estimate of drug-likeness (QED) is 0.237. The number of rotatable bonds is 10. The van der Waals surface area contributed by atoms with E-state index in [1.165, 1.54) is 24.3 Å². The first-order valence-electron chi connectivity index (χ1n) is 12.4. The van der Waals surface area contributed by atoms with Crippen molar-refractivity contribution in [1.82, 2.24) is 15.0 Å². The summed E-state index contributed by atoms with van der Waals surface area (Å²) in [7, 11) is -5.70. The van der Waals surface area contributed by atoms with Gasteiger partial charge in [0.2, 0.25) is 0 Å². The monoisotopic (exact) mass is 586 g/mol. The molecule has 0 radical (unpaired) electrons. The largest absolute Gasteiger partial charge is 0.516 e. The summed E-state index contributed by atoms with van der Waals surface area (Å²) in [5.41, 5.74) is -3.64. The smallest absolute Gasteiger partial charge is 0.482 e. The second-order valence-electron chi connectivity index (χ2n) is 8.57. The molecule has 0 aliphatic carbocycles. The molecular formula is C28H25F3N4O5S. The number of benzene rings is 3. The first-order chi connectivity index (χ1) is 19.5. The molecule has 9 nitrogen and oxygen atoms in total. The van der Waals surface area contributed by atoms with Gasteiger partial charge >= 0.3 is 21.5 Å². The van der Waals surface area contributed by atoms with Crippen LogP contribution < -0.4 is 9.46 Å². The van der Waals surface area contributed by atoms with E-state index in [4.69, 9.17) is 9.47 Å². The average molecular weight is 587 g/mol. The summed E-state index contributed by atoms with van der Waals surface area (Å²) in [5.74, 6) is 0.224. The van der Waals surface area contributed by atoms with Crippen LogP contribution in [0.5, 0.6) is 5.75 Å². The number of aromatic nitrogens is 3. The minimum atomic E-state index is -5.70. The van der Waals surface area contributed by atoms with E-state index in [0.29, 0.717) is 16.9 Å². The van der Waals surface area contributed by atoms with Crippen LogP contribution in [0.4, 0.5) is 18.9 Å². The van der Waals surface area contributed by atoms with Crippen LogP contribution in [0.15, 0.2) is 72.8 Å². The van der Waals surface area contributed by atoms with Crippen molar-refractivity contribution in [2.24, 2.45) is 0 Å². The summed E-state index contributed by atoms with van der Waals surface area (Å²) in [6.45, 7) is 3.65. The van der Waals surface area contributed by atoms with Gasteiger partial charge in [-0.3, -0.25) is 4.72 Å². The van der Waals surface area contributed by atoms with Crippen molar-refractivity contribution < 1.29 is 35.9 Å². The van der Waals surface area contributed by atoms with Crippen LogP contribution in [0, 0.1) is 0 Å². The Morgan fingerprint density at radius 1 is 0.829 bits per heavy atom. The number of nitrogens with zero attached hydrogens (tertiary/aromatic N) is 3. The van der Waals surface area contributed by atoms with E-state index in [1.807, 2.05) is 31.2 Å². The molecule has 3 aromatic carbocycles. The van der Waals surface area contributed by atoms with Gasteiger partial charge in [-0.2, -0.15) is 21.6 Å². The molecule has 4 aromatic rings. The Morgan fingerprint density at radius 3 is 1.95 bits per heavy atom. The Kier molecular flexibility index (Phi) is 8.86. The zero-order chi connectivity index (χ0) is 29.6. The van der Waals surface area contributed by atoms with Crippen LogP contribution in [-0.4, -0.2) is 48.1 Å². The maximum absolute atomic E-state index is 13.1. The predicted molar refractivity (Wildman–Crippen MR) is 146 cm³/mol. The number of hydrogen-bond acceptors (Lipinski definition) is 8. The fraction of sp³-hybridized carbons (Fsp3) is 0.214. The molecule has 1 N–H and O–H groups in total. The van der Waals surface area contributed by atoms with Crippen LogP contribution in [0.1, 0.15) is 19.4 Å². The SMILES string of the molecule is CCOC(=O)COc1ccc(-c2nc(-c3ccc(CC)cc3)nc(-c3ccccc3NS(=O)(=O)C(F)(F)F)n2)cc1. The van der Waals surface area contributed by atoms with Crippen molar-refractivity contribution in [1.29, 1.82) is 0 Å². The van der Waals surface area contributed by atoms with Crippen molar-refractivity contribution >= 4 is 21.7 Å². The molecule has 1 aromatic heterocycles. The highest BCUT2D eigenvalue weighted by atomic mass is 32.2. The molecule has 13 heteroatoms. The van der Waals surface area contributed by atoms with Gasteiger partial charge in [0.25, 0.3) is 0 Å². The van der Waals surface area contributed by atoms with Crippen molar-refractivity contribution in [2.45, 2.75) is 25.8 Å². The van der Waals surface area contributed by atoms with Crippen molar-refractivity contribution in [2.75, 3.05) is 17.9 Å². The van der Waals surface area contributed by atoms with Gasteiger partial charge in [-0.1, -0.05) is 43.3 Å². The Balaban J connectivity index is 1.78. The Labute approximate surface area is 234 Å². The minimum Gasteiger partial charge on any atom is -0.482 e. The van der Waals surface area contributed by atoms with E-state index >= 15 is 0 Å². The number of carbonyl (C=O) groups is 1. The lowest BCUT2D eigenvalue weighted by Crippen LogP contribution is -2.30. The van der Waals surface area contributed by atoms with Gasteiger partial charge in [0.15, 0.2) is 24.1 Å². The van der Waals surface area contributed by atoms with Gasteiger partial charge < -0.3 is 9.47 Å². The molecular weight excluding hydrogens is 561 g/mol. The molecule has 41 heavy (non-hydrogen) atoms. The van der Waals surface area contributed by atoms with E-state index in [1.54, 1.807) is 35.9 Å². The topological polar surface area (TPSA) is 120 Å². The van der Waals surface area contributed by atoms with Gasteiger partial charge in [-0.25, -0.2) is 19.7 Å². The van der Waals surface area contributed by atoms with Gasteiger partial charge in [-0.15, -0.1) is 0 Å². The lowest BCUT2D eigenvalue weighted by Gasteiger charge is -2.14. The van der Waals surface area contributed by atoms with E-state index in [2.05, 4.69) is 15.0 Å². The van der Waals surface area contributed by atoms with E-state index in [0.717, 1.165) is 12.0 Å². The zero-order valence-corrected chi connectivity index (χ0v) is 22.8. The van der Waals surface area contributed by atoms with Gasteiger partial charge in [0, 0.05) is 16.7 Å². The first-order valence-corrected chi connectivity index (χ1v) is 13.9. The molecule has 214 valence electrons. The molecule has 0 saturated heterocycles. The highest BCUT2D eigenvalue weighted by molar-refractivity contribution is 7.93. The summed E-state index contributed by atoms with van der Waals surface area (Å²) < 4.78 is 75.0. The lowest BCUT2D eigenvalue weighted by atomic mass is 10.1. The average Bonchev–Trinajstić information content (AvgIpc) is 2.96. The number of ether oxygens (including phenoxy) is 2. The Morgan fingerprint density at radius 2 is 1.39 bits per heavy atom. The van der Waals surface area contributed by atoms with Crippen LogP contribution in [0.2, 0.25) is 0 Å². The van der Waals surface area contributed by atoms with E-state index in [-0.39, 0.29) is 41.9 Å². The number of carbonyl (C=O) groups excluding carboxylic acids is 1. The summed E-state index contributed by atoms with van der Waals surface area (Å²) in [6.07, 6.45) is 0.811. The third-order valence-corrected chi connectivity index (χ3v) is 6.85. The van der Waals surface area contributed by atoms with Crippen LogP contribution >= 0.6 is 0 Å².